The number of carbonyl (C=O) groups excluding carboxylic acids is 2. The number of nitrogens with zero attached hydrogens (tertiary/aromatic N) is 3. The fraction of sp³-hybridized carbons (Fsp3) is 0.111. The summed E-state index contributed by atoms with van der Waals surface area (Å²) in [4.78, 5) is 42.3. The lowest BCUT2D eigenvalue weighted by Gasteiger charge is -2.18. The molecule has 0 aliphatic carbocycles. The van der Waals surface area contributed by atoms with Crippen LogP contribution in [-0.4, -0.2) is 21.7 Å². The van der Waals surface area contributed by atoms with Crippen LogP contribution in [-0.2, 0) is 9.59 Å². The Labute approximate surface area is 115 Å². The van der Waals surface area contributed by atoms with E-state index in [0.29, 0.717) is 0 Å². The third-order valence-electron chi connectivity index (χ3n) is 2.62. The van der Waals surface area contributed by atoms with Crippen molar-refractivity contribution >= 4 is 46.2 Å². The number of nitro groups is 2. The molecule has 10 nitrogen and oxygen atoms in total. The molecule has 0 aromatic heterocycles. The van der Waals surface area contributed by atoms with Crippen LogP contribution >= 0.6 is 11.6 Å². The van der Waals surface area contributed by atoms with E-state index in [-0.39, 0.29) is 16.9 Å². The maximum absolute atomic E-state index is 11.2. The summed E-state index contributed by atoms with van der Waals surface area (Å²) in [6.07, 6.45) is 0. The minimum absolute atomic E-state index is 0.183. The number of nitrogens with one attached hydrogen (secondary N) is 1. The summed E-state index contributed by atoms with van der Waals surface area (Å²) in [5, 5.41) is 26.6. The smallest absolute Gasteiger partial charge is 0.315 e. The van der Waals surface area contributed by atoms with E-state index in [1.807, 2.05) is 0 Å². The van der Waals surface area contributed by atoms with Gasteiger partial charge in [-0.2, -0.15) is 0 Å². The van der Waals surface area contributed by atoms with Crippen molar-refractivity contribution in [3.8, 4) is 0 Å². The molecule has 1 aliphatic heterocycles. The quantitative estimate of drug-likeness (QED) is 0.492. The molecule has 0 bridgehead atoms. The van der Waals surface area contributed by atoms with Gasteiger partial charge in [-0.05, 0) is 6.92 Å². The third kappa shape index (κ3) is 1.82. The normalized spacial score (nSPS) is 13.3. The minimum atomic E-state index is -1.19. The summed E-state index contributed by atoms with van der Waals surface area (Å²) in [5.74, 6) is -2.29. The van der Waals surface area contributed by atoms with Gasteiger partial charge in [0.2, 0.25) is 0 Å². The van der Waals surface area contributed by atoms with Crippen molar-refractivity contribution in [2.75, 3.05) is 5.32 Å². The number of benzene rings is 1. The lowest BCUT2D eigenvalue weighted by molar-refractivity contribution is -0.422. The van der Waals surface area contributed by atoms with E-state index < -0.39 is 38.1 Å². The molecule has 11 heteroatoms. The average molecular weight is 300 g/mol. The lowest BCUT2D eigenvalue weighted by atomic mass is 10.1. The van der Waals surface area contributed by atoms with Gasteiger partial charge in [-0.15, -0.1) is 0 Å². The highest BCUT2D eigenvalue weighted by molar-refractivity contribution is 6.45. The highest BCUT2D eigenvalue weighted by atomic mass is 35.5. The second-order valence-corrected chi connectivity index (χ2v) is 4.12. The van der Waals surface area contributed by atoms with Crippen LogP contribution in [0.25, 0.3) is 0 Å². The number of carbonyl (C=O) groups is 2. The molecule has 1 N–H and O–H groups in total. The number of amides is 2. The van der Waals surface area contributed by atoms with Gasteiger partial charge in [-0.1, -0.05) is 11.6 Å². The van der Waals surface area contributed by atoms with Gasteiger partial charge in [0.1, 0.15) is 5.69 Å². The van der Waals surface area contributed by atoms with Crippen LogP contribution in [0, 0.1) is 27.2 Å². The molecule has 1 aliphatic rings. The van der Waals surface area contributed by atoms with Crippen molar-refractivity contribution < 1.29 is 19.4 Å². The minimum Gasteiger partial charge on any atom is -0.315 e. The number of hydrogen-bond acceptors (Lipinski definition) is 6. The van der Waals surface area contributed by atoms with Gasteiger partial charge in [0, 0.05) is 0 Å². The molecule has 20 heavy (non-hydrogen) atoms. The Morgan fingerprint density at radius 2 is 1.70 bits per heavy atom. The number of halogens is 1. The molecule has 0 saturated carbocycles. The molecule has 1 radical (unpaired) electrons. The number of nitro benzene ring substituents is 2. The summed E-state index contributed by atoms with van der Waals surface area (Å²) in [6, 6.07) is 0. The van der Waals surface area contributed by atoms with Gasteiger partial charge in [0.25, 0.3) is 0 Å². The Morgan fingerprint density at radius 3 is 2.20 bits per heavy atom. The molecule has 1 heterocycles. The first-order valence-corrected chi connectivity index (χ1v) is 5.35. The largest absolute Gasteiger partial charge is 0.367 e. The summed E-state index contributed by atoms with van der Waals surface area (Å²) in [5.41, 5.74) is -2.57. The standard InChI is InChI=1S/C9H4ClN4O6/c1-2-4-5(12-9(16)8(15)11-4)3(10)7(14(19)20)6(2)13(17)18/h1H3,(H,11,15). The zero-order valence-electron chi connectivity index (χ0n) is 9.67. The van der Waals surface area contributed by atoms with Gasteiger partial charge < -0.3 is 5.32 Å². The highest BCUT2D eigenvalue weighted by Gasteiger charge is 2.40. The number of rotatable bonds is 2. The van der Waals surface area contributed by atoms with Gasteiger partial charge in [-0.3, -0.25) is 29.8 Å². The number of hydrogen-bond donors (Lipinski definition) is 1. The van der Waals surface area contributed by atoms with E-state index in [4.69, 9.17) is 11.6 Å². The average Bonchev–Trinajstić information content (AvgIpc) is 2.34. The van der Waals surface area contributed by atoms with Crippen molar-refractivity contribution in [1.82, 2.24) is 5.32 Å². The van der Waals surface area contributed by atoms with Crippen LogP contribution in [0.15, 0.2) is 0 Å². The van der Waals surface area contributed by atoms with Gasteiger partial charge in [0.15, 0.2) is 5.02 Å². The van der Waals surface area contributed by atoms with E-state index >= 15 is 0 Å². The summed E-state index contributed by atoms with van der Waals surface area (Å²) >= 11 is 5.71. The summed E-state index contributed by atoms with van der Waals surface area (Å²) in [7, 11) is 0. The number of fused-ring (bicyclic) bond motifs is 1. The number of anilines is 1. The Hall–Kier alpha value is -2.75. The predicted molar refractivity (Wildman–Crippen MR) is 64.9 cm³/mol. The highest BCUT2D eigenvalue weighted by Crippen LogP contribution is 2.48. The van der Waals surface area contributed by atoms with E-state index in [1.165, 1.54) is 6.92 Å². The fourth-order valence-corrected chi connectivity index (χ4v) is 2.06. The van der Waals surface area contributed by atoms with Crippen molar-refractivity contribution in [3.63, 3.8) is 0 Å². The maximum Gasteiger partial charge on any atom is 0.367 e. The Balaban J connectivity index is 2.88. The van der Waals surface area contributed by atoms with Crippen LogP contribution in [0.2, 0.25) is 5.02 Å². The molecule has 0 fully saturated rings. The van der Waals surface area contributed by atoms with Crippen LogP contribution in [0.4, 0.5) is 22.7 Å². The van der Waals surface area contributed by atoms with E-state index in [2.05, 4.69) is 10.6 Å². The third-order valence-corrected chi connectivity index (χ3v) is 2.98. The summed E-state index contributed by atoms with van der Waals surface area (Å²) in [6.45, 7) is 1.19. The predicted octanol–water partition coefficient (Wildman–Crippen LogP) is 1.18. The fourth-order valence-electron chi connectivity index (χ4n) is 1.77. The summed E-state index contributed by atoms with van der Waals surface area (Å²) < 4.78 is 0. The molecule has 103 valence electrons. The van der Waals surface area contributed by atoms with E-state index in [9.17, 15) is 29.8 Å². The molecule has 1 aromatic rings. The SMILES string of the molecule is Cc1c2c(c(Cl)c([N+](=O)[O-])c1[N+](=O)[O-])[N]C(=O)C(=O)N2. The molecule has 0 spiro atoms. The first kappa shape index (κ1) is 13.7. The second-order valence-electron chi connectivity index (χ2n) is 3.75. The topological polar surface area (TPSA) is 147 Å². The molecule has 0 unspecified atom stereocenters. The lowest BCUT2D eigenvalue weighted by Crippen LogP contribution is -2.34. The van der Waals surface area contributed by atoms with E-state index in [1.54, 1.807) is 0 Å². The Morgan fingerprint density at radius 1 is 1.15 bits per heavy atom. The van der Waals surface area contributed by atoms with Crippen molar-refractivity contribution in [2.24, 2.45) is 0 Å². The van der Waals surface area contributed by atoms with Gasteiger partial charge in [-0.25, -0.2) is 5.32 Å². The second kappa shape index (κ2) is 4.42. The van der Waals surface area contributed by atoms with E-state index in [0.717, 1.165) is 0 Å². The monoisotopic (exact) mass is 299 g/mol. The van der Waals surface area contributed by atoms with Crippen LogP contribution in [0.1, 0.15) is 5.56 Å². The molecular weight excluding hydrogens is 296 g/mol. The zero-order chi connectivity index (χ0) is 15.2. The van der Waals surface area contributed by atoms with Gasteiger partial charge in [0.05, 0.1) is 21.1 Å². The molecule has 1 aromatic carbocycles. The molecule has 0 atom stereocenters. The Bertz CT molecular complexity index is 641. The molecular formula is C9H4ClN4O6. The van der Waals surface area contributed by atoms with Crippen LogP contribution < -0.4 is 10.6 Å². The van der Waals surface area contributed by atoms with Crippen molar-refractivity contribution in [2.45, 2.75) is 6.92 Å². The first-order chi connectivity index (χ1) is 9.25. The molecule has 2 amide bonds. The van der Waals surface area contributed by atoms with Crippen molar-refractivity contribution in [1.29, 1.82) is 0 Å². The van der Waals surface area contributed by atoms with Crippen molar-refractivity contribution in [3.05, 3.63) is 30.8 Å². The van der Waals surface area contributed by atoms with Crippen LogP contribution in [0.5, 0.6) is 0 Å². The molecule has 2 rings (SSSR count). The molecule has 0 saturated heterocycles. The Kier molecular flexibility index (Phi) is 3.02. The first-order valence-electron chi connectivity index (χ1n) is 4.97. The zero-order valence-corrected chi connectivity index (χ0v) is 10.4. The maximum atomic E-state index is 11.2. The van der Waals surface area contributed by atoms with Crippen LogP contribution in [0.3, 0.4) is 0 Å². The van der Waals surface area contributed by atoms with Gasteiger partial charge >= 0.3 is 23.2 Å².